The number of benzene rings is 2. The van der Waals surface area contributed by atoms with Gasteiger partial charge in [0, 0.05) is 23.5 Å². The van der Waals surface area contributed by atoms with E-state index in [2.05, 4.69) is 21.7 Å². The molecule has 1 fully saturated rings. The molecule has 1 aliphatic heterocycles. The van der Waals surface area contributed by atoms with Crippen LogP contribution in [0.1, 0.15) is 35.6 Å². The number of aromatic nitrogens is 1. The van der Waals surface area contributed by atoms with E-state index in [9.17, 15) is 14.4 Å². The number of para-hydroxylation sites is 1. The Morgan fingerprint density at radius 2 is 1.90 bits per heavy atom. The summed E-state index contributed by atoms with van der Waals surface area (Å²) in [5, 5.41) is 6.76. The number of nitrogens with zero attached hydrogens (tertiary/aromatic N) is 1. The lowest BCUT2D eigenvalue weighted by Crippen LogP contribution is -2.42. The van der Waals surface area contributed by atoms with Crippen LogP contribution in [-0.4, -0.2) is 40.3 Å². The van der Waals surface area contributed by atoms with E-state index >= 15 is 0 Å². The summed E-state index contributed by atoms with van der Waals surface area (Å²) >= 11 is 0. The number of carbonyl (C=O) groups excluding carboxylic acids is 3. The summed E-state index contributed by atoms with van der Waals surface area (Å²) in [5.74, 6) is -0.688. The third-order valence-corrected chi connectivity index (χ3v) is 6.21. The number of hydrogen-bond acceptors (Lipinski definition) is 3. The van der Waals surface area contributed by atoms with Gasteiger partial charge in [-0.15, -0.1) is 0 Å². The van der Waals surface area contributed by atoms with Crippen LogP contribution < -0.4 is 10.6 Å². The van der Waals surface area contributed by atoms with Crippen molar-refractivity contribution in [3.05, 3.63) is 71.4 Å². The third-order valence-electron chi connectivity index (χ3n) is 6.21. The Bertz CT molecular complexity index is 1170. The molecular formula is C24H24N4O3. The van der Waals surface area contributed by atoms with Gasteiger partial charge in [-0.3, -0.25) is 14.5 Å². The monoisotopic (exact) mass is 416 g/mol. The standard InChI is InChI=1S/C24H24N4O3/c29-22(26-20-11-5-7-15-6-1-2-8-17(15)20)14-28-23(30)21(27-24(28)31)12-16-13-25-19-10-4-3-9-18(16)19/h1-4,6,8-10,13,20-21,25H,5,7,11-12,14H2,(H,26,29)(H,27,31)/t20-,21+/m0/s1. The largest absolute Gasteiger partial charge is 0.361 e. The van der Waals surface area contributed by atoms with Crippen LogP contribution in [-0.2, 0) is 22.4 Å². The fourth-order valence-electron chi connectivity index (χ4n) is 4.67. The zero-order valence-electron chi connectivity index (χ0n) is 17.1. The molecule has 7 nitrogen and oxygen atoms in total. The number of rotatable bonds is 5. The maximum absolute atomic E-state index is 12.9. The minimum atomic E-state index is -0.671. The molecule has 1 saturated heterocycles. The number of aryl methyl sites for hydroxylation is 1. The number of H-pyrrole nitrogens is 1. The summed E-state index contributed by atoms with van der Waals surface area (Å²) in [6.45, 7) is -0.270. The van der Waals surface area contributed by atoms with Crippen molar-refractivity contribution in [2.75, 3.05) is 6.54 Å². The first-order valence-electron chi connectivity index (χ1n) is 10.6. The summed E-state index contributed by atoms with van der Waals surface area (Å²) in [4.78, 5) is 42.2. The highest BCUT2D eigenvalue weighted by atomic mass is 16.2. The molecule has 0 bridgehead atoms. The summed E-state index contributed by atoms with van der Waals surface area (Å²) in [6, 6.07) is 14.6. The van der Waals surface area contributed by atoms with Gasteiger partial charge < -0.3 is 15.6 Å². The van der Waals surface area contributed by atoms with E-state index < -0.39 is 12.1 Å². The topological polar surface area (TPSA) is 94.3 Å². The number of amides is 4. The Labute approximate surface area is 179 Å². The molecule has 1 aromatic heterocycles. The maximum Gasteiger partial charge on any atom is 0.325 e. The van der Waals surface area contributed by atoms with E-state index in [1.165, 1.54) is 5.56 Å². The lowest BCUT2D eigenvalue weighted by molar-refractivity contribution is -0.132. The number of imide groups is 1. The summed E-state index contributed by atoms with van der Waals surface area (Å²) in [6.07, 6.45) is 5.09. The SMILES string of the molecule is O=C(CN1C(=O)N[C@H](Cc2c[nH]c3ccccc23)C1=O)N[C@H]1CCCc2ccccc21. The molecule has 2 atom stereocenters. The fraction of sp³-hybridized carbons (Fsp3) is 0.292. The average Bonchev–Trinajstić information content (AvgIpc) is 3.30. The van der Waals surface area contributed by atoms with E-state index in [1.54, 1.807) is 0 Å². The molecule has 4 amide bonds. The van der Waals surface area contributed by atoms with Crippen LogP contribution in [0.2, 0.25) is 0 Å². The van der Waals surface area contributed by atoms with Gasteiger partial charge in [0.2, 0.25) is 5.91 Å². The van der Waals surface area contributed by atoms with Crippen LogP contribution in [0.4, 0.5) is 4.79 Å². The summed E-state index contributed by atoms with van der Waals surface area (Å²) < 4.78 is 0. The second kappa shape index (κ2) is 7.91. The number of aromatic amines is 1. The summed E-state index contributed by atoms with van der Waals surface area (Å²) in [7, 11) is 0. The van der Waals surface area contributed by atoms with Crippen molar-refractivity contribution in [1.82, 2.24) is 20.5 Å². The molecule has 0 saturated carbocycles. The molecule has 1 aliphatic carbocycles. The van der Waals surface area contributed by atoms with E-state index in [0.717, 1.165) is 46.2 Å². The first-order chi connectivity index (χ1) is 15.1. The fourth-order valence-corrected chi connectivity index (χ4v) is 4.67. The second-order valence-electron chi connectivity index (χ2n) is 8.20. The van der Waals surface area contributed by atoms with Gasteiger partial charge in [-0.1, -0.05) is 42.5 Å². The molecular weight excluding hydrogens is 392 g/mol. The molecule has 0 radical (unpaired) electrons. The van der Waals surface area contributed by atoms with Crippen molar-refractivity contribution in [2.45, 2.75) is 37.8 Å². The third kappa shape index (κ3) is 3.67. The average molecular weight is 416 g/mol. The number of hydrogen-bond donors (Lipinski definition) is 3. The van der Waals surface area contributed by atoms with Crippen molar-refractivity contribution in [3.8, 4) is 0 Å². The van der Waals surface area contributed by atoms with E-state index in [-0.39, 0.29) is 24.4 Å². The molecule has 2 aromatic carbocycles. The predicted octanol–water partition coefficient (Wildman–Crippen LogP) is 2.82. The maximum atomic E-state index is 12.9. The molecule has 3 N–H and O–H groups in total. The van der Waals surface area contributed by atoms with Gasteiger partial charge in [0.1, 0.15) is 12.6 Å². The Balaban J connectivity index is 1.24. The minimum Gasteiger partial charge on any atom is -0.361 e. The van der Waals surface area contributed by atoms with Gasteiger partial charge in [-0.2, -0.15) is 0 Å². The van der Waals surface area contributed by atoms with Crippen molar-refractivity contribution in [3.63, 3.8) is 0 Å². The Morgan fingerprint density at radius 1 is 1.10 bits per heavy atom. The predicted molar refractivity (Wildman–Crippen MR) is 116 cm³/mol. The first kappa shape index (κ1) is 19.4. The van der Waals surface area contributed by atoms with Gasteiger partial charge >= 0.3 is 6.03 Å². The van der Waals surface area contributed by atoms with E-state index in [1.807, 2.05) is 48.7 Å². The molecule has 7 heteroatoms. The molecule has 3 aromatic rings. The molecule has 2 aliphatic rings. The van der Waals surface area contributed by atoms with Crippen LogP contribution in [0.3, 0.4) is 0 Å². The molecule has 31 heavy (non-hydrogen) atoms. The molecule has 5 rings (SSSR count). The van der Waals surface area contributed by atoms with Gasteiger partial charge in [0.05, 0.1) is 6.04 Å². The van der Waals surface area contributed by atoms with Gasteiger partial charge in [-0.05, 0) is 42.0 Å². The highest BCUT2D eigenvalue weighted by Crippen LogP contribution is 2.29. The van der Waals surface area contributed by atoms with Crippen molar-refractivity contribution in [2.24, 2.45) is 0 Å². The van der Waals surface area contributed by atoms with E-state index in [0.29, 0.717) is 6.42 Å². The zero-order chi connectivity index (χ0) is 21.4. The number of fused-ring (bicyclic) bond motifs is 2. The smallest absolute Gasteiger partial charge is 0.325 e. The normalized spacial score (nSPS) is 20.6. The van der Waals surface area contributed by atoms with E-state index in [4.69, 9.17) is 0 Å². The van der Waals surface area contributed by atoms with Gasteiger partial charge in [0.25, 0.3) is 5.91 Å². The van der Waals surface area contributed by atoms with Crippen LogP contribution in [0, 0.1) is 0 Å². The molecule has 0 spiro atoms. The minimum absolute atomic E-state index is 0.0831. The summed E-state index contributed by atoms with van der Waals surface area (Å²) in [5.41, 5.74) is 4.31. The first-order valence-corrected chi connectivity index (χ1v) is 10.6. The molecule has 158 valence electrons. The van der Waals surface area contributed by atoms with Crippen molar-refractivity contribution < 1.29 is 14.4 Å². The Morgan fingerprint density at radius 3 is 2.81 bits per heavy atom. The number of carbonyl (C=O) groups is 3. The van der Waals surface area contributed by atoms with Crippen LogP contribution in [0.5, 0.6) is 0 Å². The van der Waals surface area contributed by atoms with Crippen molar-refractivity contribution in [1.29, 1.82) is 0 Å². The second-order valence-corrected chi connectivity index (χ2v) is 8.20. The van der Waals surface area contributed by atoms with Crippen LogP contribution >= 0.6 is 0 Å². The van der Waals surface area contributed by atoms with Crippen LogP contribution in [0.15, 0.2) is 54.7 Å². The number of nitrogens with one attached hydrogen (secondary N) is 3. The van der Waals surface area contributed by atoms with Gasteiger partial charge in [0.15, 0.2) is 0 Å². The Kier molecular flexibility index (Phi) is 4.94. The Hall–Kier alpha value is -3.61. The zero-order valence-corrected chi connectivity index (χ0v) is 17.1. The highest BCUT2D eigenvalue weighted by molar-refractivity contribution is 6.06. The molecule has 2 heterocycles. The molecule has 0 unspecified atom stereocenters. The lowest BCUT2D eigenvalue weighted by Gasteiger charge is -2.27. The quantitative estimate of drug-likeness (QED) is 0.558. The highest BCUT2D eigenvalue weighted by Gasteiger charge is 2.39. The lowest BCUT2D eigenvalue weighted by atomic mass is 9.88. The van der Waals surface area contributed by atoms with Crippen LogP contribution in [0.25, 0.3) is 10.9 Å². The van der Waals surface area contributed by atoms with Crippen molar-refractivity contribution >= 4 is 28.7 Å². The number of urea groups is 1. The van der Waals surface area contributed by atoms with Gasteiger partial charge in [-0.25, -0.2) is 4.79 Å².